The van der Waals surface area contributed by atoms with E-state index in [0.29, 0.717) is 23.3 Å². The third-order valence-corrected chi connectivity index (χ3v) is 4.57. The van der Waals surface area contributed by atoms with Crippen molar-refractivity contribution in [1.82, 2.24) is 0 Å². The second-order valence-electron chi connectivity index (χ2n) is 6.62. The lowest BCUT2D eigenvalue weighted by Gasteiger charge is -2.36. The molecule has 0 aromatic heterocycles. The summed E-state index contributed by atoms with van der Waals surface area (Å²) in [5.41, 5.74) is 0.300. The van der Waals surface area contributed by atoms with Crippen molar-refractivity contribution in [2.75, 3.05) is 0 Å². The summed E-state index contributed by atoms with van der Waals surface area (Å²) in [4.78, 5) is 22.9. The molecule has 2 rings (SSSR count). The Morgan fingerprint density at radius 3 is 2.27 bits per heavy atom. The second kappa shape index (κ2) is 7.03. The van der Waals surface area contributed by atoms with E-state index in [4.69, 9.17) is 4.74 Å². The first kappa shape index (κ1) is 16.7. The Morgan fingerprint density at radius 2 is 1.73 bits per heavy atom. The molecule has 0 unspecified atom stereocenters. The number of hydrogen-bond acceptors (Lipinski definition) is 3. The van der Waals surface area contributed by atoms with Gasteiger partial charge in [0, 0.05) is 0 Å². The predicted octanol–water partition coefficient (Wildman–Crippen LogP) is 4.41. The van der Waals surface area contributed by atoms with Crippen molar-refractivity contribution in [3.63, 3.8) is 0 Å². The van der Waals surface area contributed by atoms with Crippen LogP contribution >= 0.6 is 0 Å². The number of hydrogen-bond donors (Lipinski definition) is 0. The van der Waals surface area contributed by atoms with Crippen molar-refractivity contribution in [3.05, 3.63) is 35.4 Å². The van der Waals surface area contributed by atoms with E-state index in [-0.39, 0.29) is 11.7 Å². The molecule has 3 atom stereocenters. The quantitative estimate of drug-likeness (QED) is 0.611. The third-order valence-electron chi connectivity index (χ3n) is 4.57. The Kier molecular flexibility index (Phi) is 5.33. The van der Waals surface area contributed by atoms with Gasteiger partial charge in [-0.3, -0.25) is 4.79 Å². The monoisotopic (exact) mass is 306 g/mol. The minimum absolute atomic E-state index is 0.0529. The SMILES string of the molecule is CC(C)[C@H]1CC[C@H](C)C[C@@H]1OC(=O)c1ccc(C(=O)F)cc1. The van der Waals surface area contributed by atoms with Crippen LogP contribution in [0.25, 0.3) is 0 Å². The maximum atomic E-state index is 12.6. The van der Waals surface area contributed by atoms with Gasteiger partial charge >= 0.3 is 12.0 Å². The molecule has 1 aromatic carbocycles. The van der Waals surface area contributed by atoms with Gasteiger partial charge in [0.05, 0.1) is 11.1 Å². The third kappa shape index (κ3) is 3.93. The smallest absolute Gasteiger partial charge is 0.338 e. The number of carbonyl (C=O) groups excluding carboxylic acids is 2. The van der Waals surface area contributed by atoms with Crippen LogP contribution in [-0.2, 0) is 4.74 Å². The molecular formula is C18H23FO3. The highest BCUT2D eigenvalue weighted by molar-refractivity contribution is 5.92. The molecule has 1 fully saturated rings. The van der Waals surface area contributed by atoms with Gasteiger partial charge in [0.1, 0.15) is 6.10 Å². The largest absolute Gasteiger partial charge is 0.458 e. The molecular weight excluding hydrogens is 283 g/mol. The fraction of sp³-hybridized carbons (Fsp3) is 0.556. The van der Waals surface area contributed by atoms with Crippen molar-refractivity contribution in [3.8, 4) is 0 Å². The number of esters is 1. The molecule has 1 saturated carbocycles. The molecule has 1 aliphatic rings. The van der Waals surface area contributed by atoms with Crippen molar-refractivity contribution in [2.45, 2.75) is 46.1 Å². The summed E-state index contributed by atoms with van der Waals surface area (Å²) >= 11 is 0. The van der Waals surface area contributed by atoms with Crippen LogP contribution in [0.15, 0.2) is 24.3 Å². The van der Waals surface area contributed by atoms with Gasteiger partial charge in [0.15, 0.2) is 0 Å². The van der Waals surface area contributed by atoms with Crippen LogP contribution < -0.4 is 0 Å². The number of benzene rings is 1. The molecule has 0 bridgehead atoms. The van der Waals surface area contributed by atoms with Gasteiger partial charge in [-0.05, 0) is 54.9 Å². The molecule has 0 radical (unpaired) electrons. The zero-order chi connectivity index (χ0) is 16.3. The van der Waals surface area contributed by atoms with Crippen molar-refractivity contribution in [1.29, 1.82) is 0 Å². The Hall–Kier alpha value is -1.71. The van der Waals surface area contributed by atoms with E-state index in [2.05, 4.69) is 20.8 Å². The standard InChI is InChI=1S/C18H23FO3/c1-11(2)15-9-4-12(3)10-16(15)22-18(21)14-7-5-13(6-8-14)17(19)20/h5-8,11-12,15-16H,4,9-10H2,1-3H3/t12-,15+,16-/m0/s1. The van der Waals surface area contributed by atoms with Crippen LogP contribution in [0.5, 0.6) is 0 Å². The van der Waals surface area contributed by atoms with Crippen molar-refractivity contribution >= 4 is 12.0 Å². The number of carbonyl (C=O) groups is 2. The van der Waals surface area contributed by atoms with Gasteiger partial charge in [-0.25, -0.2) is 4.79 Å². The van der Waals surface area contributed by atoms with Gasteiger partial charge in [0.25, 0.3) is 0 Å². The van der Waals surface area contributed by atoms with E-state index < -0.39 is 12.0 Å². The second-order valence-corrected chi connectivity index (χ2v) is 6.62. The Bertz CT molecular complexity index is 536. The molecule has 3 nitrogen and oxygen atoms in total. The molecule has 0 N–H and O–H groups in total. The van der Waals surface area contributed by atoms with E-state index >= 15 is 0 Å². The van der Waals surface area contributed by atoms with Crippen LogP contribution in [-0.4, -0.2) is 18.1 Å². The van der Waals surface area contributed by atoms with Crippen LogP contribution in [0.1, 0.15) is 60.7 Å². The average Bonchev–Trinajstić information content (AvgIpc) is 2.47. The predicted molar refractivity (Wildman–Crippen MR) is 82.4 cm³/mol. The van der Waals surface area contributed by atoms with Crippen LogP contribution in [0.2, 0.25) is 0 Å². The van der Waals surface area contributed by atoms with Crippen molar-refractivity contribution in [2.24, 2.45) is 17.8 Å². The molecule has 4 heteroatoms. The maximum Gasteiger partial charge on any atom is 0.338 e. The summed E-state index contributed by atoms with van der Waals surface area (Å²) in [6.45, 7) is 6.49. The highest BCUT2D eigenvalue weighted by Crippen LogP contribution is 2.35. The molecule has 0 aliphatic heterocycles. The topological polar surface area (TPSA) is 43.4 Å². The zero-order valence-electron chi connectivity index (χ0n) is 13.3. The van der Waals surface area contributed by atoms with Gasteiger partial charge in [-0.15, -0.1) is 0 Å². The Labute approximate surface area is 130 Å². The highest BCUT2D eigenvalue weighted by Gasteiger charge is 2.33. The summed E-state index contributed by atoms with van der Waals surface area (Å²) in [5, 5.41) is 0. The minimum Gasteiger partial charge on any atom is -0.458 e. The molecule has 0 saturated heterocycles. The minimum atomic E-state index is -1.50. The summed E-state index contributed by atoms with van der Waals surface area (Å²) in [5.74, 6) is 1.01. The Balaban J connectivity index is 2.07. The molecule has 0 spiro atoms. The average molecular weight is 306 g/mol. The first-order chi connectivity index (χ1) is 10.4. The Morgan fingerprint density at radius 1 is 1.14 bits per heavy atom. The van der Waals surface area contributed by atoms with Crippen LogP contribution in [0.3, 0.4) is 0 Å². The molecule has 0 amide bonds. The molecule has 0 heterocycles. The molecule has 22 heavy (non-hydrogen) atoms. The van der Waals surface area contributed by atoms with Gasteiger partial charge in [0.2, 0.25) is 0 Å². The lowest BCUT2D eigenvalue weighted by atomic mass is 9.75. The summed E-state index contributed by atoms with van der Waals surface area (Å²) in [7, 11) is 0. The maximum absolute atomic E-state index is 12.6. The van der Waals surface area contributed by atoms with E-state index in [9.17, 15) is 14.0 Å². The summed E-state index contributed by atoms with van der Waals surface area (Å²) in [6, 6.07) is 3.99. The van der Waals surface area contributed by atoms with E-state index in [1.54, 1.807) is 0 Å². The van der Waals surface area contributed by atoms with Crippen LogP contribution in [0.4, 0.5) is 4.39 Å². The lowest BCUT2D eigenvalue weighted by Crippen LogP contribution is -2.35. The number of halogens is 1. The van der Waals surface area contributed by atoms with E-state index in [0.717, 1.165) is 12.8 Å². The number of rotatable bonds is 4. The van der Waals surface area contributed by atoms with Gasteiger partial charge in [-0.2, -0.15) is 4.39 Å². The van der Waals surface area contributed by atoms with E-state index in [1.807, 2.05) is 0 Å². The molecule has 1 aromatic rings. The molecule has 120 valence electrons. The summed E-state index contributed by atoms with van der Waals surface area (Å²) < 4.78 is 18.3. The number of ether oxygens (including phenoxy) is 1. The first-order valence-corrected chi connectivity index (χ1v) is 7.89. The normalized spacial score (nSPS) is 25.0. The fourth-order valence-corrected chi connectivity index (χ4v) is 3.19. The van der Waals surface area contributed by atoms with Crippen LogP contribution in [0, 0.1) is 17.8 Å². The zero-order valence-corrected chi connectivity index (χ0v) is 13.3. The molecule has 1 aliphatic carbocycles. The lowest BCUT2D eigenvalue weighted by molar-refractivity contribution is -0.0174. The van der Waals surface area contributed by atoms with E-state index in [1.165, 1.54) is 30.7 Å². The fourth-order valence-electron chi connectivity index (χ4n) is 3.19. The highest BCUT2D eigenvalue weighted by atomic mass is 19.1. The van der Waals surface area contributed by atoms with Crippen molar-refractivity contribution < 1.29 is 18.7 Å². The van der Waals surface area contributed by atoms with Gasteiger partial charge < -0.3 is 4.74 Å². The van der Waals surface area contributed by atoms with Gasteiger partial charge in [-0.1, -0.05) is 27.2 Å². The first-order valence-electron chi connectivity index (χ1n) is 7.89. The summed E-state index contributed by atoms with van der Waals surface area (Å²) in [6.07, 6.45) is 3.06.